The molecule has 2 aromatic rings. The van der Waals surface area contributed by atoms with Crippen LogP contribution in [0.3, 0.4) is 0 Å². The van der Waals surface area contributed by atoms with Crippen LogP contribution in [0.1, 0.15) is 35.4 Å². The van der Waals surface area contributed by atoms with Gasteiger partial charge in [0.1, 0.15) is 6.17 Å². The molecule has 1 heterocycles. The summed E-state index contributed by atoms with van der Waals surface area (Å²) < 4.78 is 11.0. The SMILES string of the molecule is CCCN1C(=O)c2ccccc2NC1c1cccc(OC)c1OC. The van der Waals surface area contributed by atoms with Crippen LogP contribution >= 0.6 is 0 Å². The molecular formula is C19H22N2O3. The minimum Gasteiger partial charge on any atom is -0.493 e. The number of anilines is 1. The smallest absolute Gasteiger partial charge is 0.257 e. The lowest BCUT2D eigenvalue weighted by Gasteiger charge is -2.38. The Hall–Kier alpha value is -2.69. The fourth-order valence-corrected chi connectivity index (χ4v) is 3.14. The summed E-state index contributed by atoms with van der Waals surface area (Å²) in [5, 5.41) is 3.47. The van der Waals surface area contributed by atoms with Gasteiger partial charge in [0.15, 0.2) is 11.5 Å². The summed E-state index contributed by atoms with van der Waals surface area (Å²) in [5.74, 6) is 1.33. The fraction of sp³-hybridized carbons (Fsp3) is 0.316. The van der Waals surface area contributed by atoms with Crippen LogP contribution in [0.5, 0.6) is 11.5 Å². The van der Waals surface area contributed by atoms with Crippen LogP contribution in [-0.4, -0.2) is 31.6 Å². The van der Waals surface area contributed by atoms with Crippen LogP contribution in [0.15, 0.2) is 42.5 Å². The third-order valence-electron chi connectivity index (χ3n) is 4.21. The molecule has 1 aliphatic heterocycles. The van der Waals surface area contributed by atoms with E-state index in [0.717, 1.165) is 17.7 Å². The molecule has 1 N–H and O–H groups in total. The third kappa shape index (κ3) is 2.66. The lowest BCUT2D eigenvalue weighted by atomic mass is 10.0. The van der Waals surface area contributed by atoms with Gasteiger partial charge in [-0.25, -0.2) is 0 Å². The molecule has 3 rings (SSSR count). The van der Waals surface area contributed by atoms with Crippen LogP contribution < -0.4 is 14.8 Å². The van der Waals surface area contributed by atoms with E-state index in [4.69, 9.17) is 9.47 Å². The van der Waals surface area contributed by atoms with Crippen LogP contribution in [-0.2, 0) is 0 Å². The maximum Gasteiger partial charge on any atom is 0.257 e. The van der Waals surface area contributed by atoms with E-state index in [-0.39, 0.29) is 12.1 Å². The first-order valence-electron chi connectivity index (χ1n) is 8.08. The van der Waals surface area contributed by atoms with E-state index in [0.29, 0.717) is 23.6 Å². The number of para-hydroxylation sites is 2. The zero-order chi connectivity index (χ0) is 17.1. The highest BCUT2D eigenvalue weighted by atomic mass is 16.5. The number of fused-ring (bicyclic) bond motifs is 1. The zero-order valence-electron chi connectivity index (χ0n) is 14.2. The van der Waals surface area contributed by atoms with E-state index in [1.165, 1.54) is 0 Å². The van der Waals surface area contributed by atoms with Crippen molar-refractivity contribution in [3.63, 3.8) is 0 Å². The number of benzene rings is 2. The molecule has 1 aliphatic rings. The summed E-state index contributed by atoms with van der Waals surface area (Å²) in [5.41, 5.74) is 2.42. The van der Waals surface area contributed by atoms with E-state index in [1.807, 2.05) is 47.4 Å². The first-order chi connectivity index (χ1) is 11.7. The average Bonchev–Trinajstić information content (AvgIpc) is 2.63. The Morgan fingerprint density at radius 1 is 1.08 bits per heavy atom. The molecule has 2 aromatic carbocycles. The predicted molar refractivity (Wildman–Crippen MR) is 93.7 cm³/mol. The highest BCUT2D eigenvalue weighted by Gasteiger charge is 2.34. The predicted octanol–water partition coefficient (Wildman–Crippen LogP) is 3.68. The number of ether oxygens (including phenoxy) is 2. The Labute approximate surface area is 142 Å². The summed E-state index contributed by atoms with van der Waals surface area (Å²) in [6, 6.07) is 13.3. The van der Waals surface area contributed by atoms with E-state index >= 15 is 0 Å². The molecule has 0 spiro atoms. The molecule has 1 unspecified atom stereocenters. The number of nitrogens with zero attached hydrogens (tertiary/aromatic N) is 1. The Balaban J connectivity index is 2.11. The lowest BCUT2D eigenvalue weighted by Crippen LogP contribution is -2.43. The molecular weight excluding hydrogens is 304 g/mol. The second-order valence-corrected chi connectivity index (χ2v) is 5.67. The number of amides is 1. The molecule has 0 saturated carbocycles. The maximum atomic E-state index is 13.0. The Morgan fingerprint density at radius 2 is 1.88 bits per heavy atom. The van der Waals surface area contributed by atoms with Gasteiger partial charge in [0.2, 0.25) is 0 Å². The summed E-state index contributed by atoms with van der Waals surface area (Å²) in [6.07, 6.45) is 0.579. The summed E-state index contributed by atoms with van der Waals surface area (Å²) >= 11 is 0. The molecule has 1 amide bonds. The first kappa shape index (κ1) is 16.2. The second kappa shape index (κ2) is 6.83. The summed E-state index contributed by atoms with van der Waals surface area (Å²) in [7, 11) is 3.23. The number of carbonyl (C=O) groups excluding carboxylic acids is 1. The van der Waals surface area contributed by atoms with E-state index in [9.17, 15) is 4.79 Å². The van der Waals surface area contributed by atoms with Crippen molar-refractivity contribution in [3.05, 3.63) is 53.6 Å². The number of rotatable bonds is 5. The monoisotopic (exact) mass is 326 g/mol. The molecule has 24 heavy (non-hydrogen) atoms. The van der Waals surface area contributed by atoms with Crippen molar-refractivity contribution in [1.82, 2.24) is 4.90 Å². The highest BCUT2D eigenvalue weighted by Crippen LogP contribution is 2.40. The summed E-state index contributed by atoms with van der Waals surface area (Å²) in [4.78, 5) is 14.8. The molecule has 0 radical (unpaired) electrons. The Kier molecular flexibility index (Phi) is 4.60. The van der Waals surface area contributed by atoms with Crippen molar-refractivity contribution in [2.24, 2.45) is 0 Å². The fourth-order valence-electron chi connectivity index (χ4n) is 3.14. The van der Waals surface area contributed by atoms with Crippen LogP contribution in [0.25, 0.3) is 0 Å². The van der Waals surface area contributed by atoms with Crippen molar-refractivity contribution in [2.75, 3.05) is 26.1 Å². The van der Waals surface area contributed by atoms with Gasteiger partial charge in [0.05, 0.1) is 19.8 Å². The number of methoxy groups -OCH3 is 2. The number of carbonyl (C=O) groups is 1. The molecule has 0 fully saturated rings. The normalized spacial score (nSPS) is 16.4. The van der Waals surface area contributed by atoms with Gasteiger partial charge in [-0.3, -0.25) is 4.79 Å². The number of hydrogen-bond donors (Lipinski definition) is 1. The molecule has 0 aromatic heterocycles. The molecule has 5 nitrogen and oxygen atoms in total. The lowest BCUT2D eigenvalue weighted by molar-refractivity contribution is 0.0681. The number of hydrogen-bond acceptors (Lipinski definition) is 4. The van der Waals surface area contributed by atoms with Crippen molar-refractivity contribution >= 4 is 11.6 Å². The molecule has 0 aliphatic carbocycles. The largest absolute Gasteiger partial charge is 0.493 e. The topological polar surface area (TPSA) is 50.8 Å². The summed E-state index contributed by atoms with van der Waals surface area (Å²) in [6.45, 7) is 2.72. The first-order valence-corrected chi connectivity index (χ1v) is 8.08. The average molecular weight is 326 g/mol. The minimum absolute atomic E-state index is 0.0288. The standard InChI is InChI=1S/C19H22N2O3/c1-4-12-21-18(14-9-7-11-16(23-2)17(14)24-3)20-15-10-6-5-8-13(15)19(21)22/h5-11,18,20H,4,12H2,1-3H3. The second-order valence-electron chi connectivity index (χ2n) is 5.67. The maximum absolute atomic E-state index is 13.0. The van der Waals surface area contributed by atoms with Gasteiger partial charge >= 0.3 is 0 Å². The minimum atomic E-state index is -0.294. The van der Waals surface area contributed by atoms with Crippen molar-refractivity contribution in [2.45, 2.75) is 19.5 Å². The molecule has 126 valence electrons. The van der Waals surface area contributed by atoms with Crippen LogP contribution in [0.2, 0.25) is 0 Å². The van der Waals surface area contributed by atoms with E-state index in [2.05, 4.69) is 12.2 Å². The zero-order valence-corrected chi connectivity index (χ0v) is 14.2. The van der Waals surface area contributed by atoms with Crippen molar-refractivity contribution < 1.29 is 14.3 Å². The van der Waals surface area contributed by atoms with Crippen molar-refractivity contribution in [3.8, 4) is 11.5 Å². The Bertz CT molecular complexity index is 745. The van der Waals surface area contributed by atoms with Gasteiger partial charge in [-0.1, -0.05) is 31.2 Å². The van der Waals surface area contributed by atoms with E-state index in [1.54, 1.807) is 14.2 Å². The Morgan fingerprint density at radius 3 is 2.58 bits per heavy atom. The molecule has 0 saturated heterocycles. The molecule has 0 bridgehead atoms. The van der Waals surface area contributed by atoms with Gasteiger partial charge in [-0.2, -0.15) is 0 Å². The quantitative estimate of drug-likeness (QED) is 0.910. The molecule has 1 atom stereocenters. The molecule has 5 heteroatoms. The van der Waals surface area contributed by atoms with Gasteiger partial charge in [0.25, 0.3) is 5.91 Å². The van der Waals surface area contributed by atoms with Crippen LogP contribution in [0, 0.1) is 0 Å². The highest BCUT2D eigenvalue weighted by molar-refractivity contribution is 6.01. The van der Waals surface area contributed by atoms with Gasteiger partial charge in [0, 0.05) is 17.8 Å². The van der Waals surface area contributed by atoms with E-state index < -0.39 is 0 Å². The van der Waals surface area contributed by atoms with Gasteiger partial charge in [-0.05, 0) is 24.6 Å². The van der Waals surface area contributed by atoms with Crippen molar-refractivity contribution in [1.29, 1.82) is 0 Å². The van der Waals surface area contributed by atoms with Gasteiger partial charge in [-0.15, -0.1) is 0 Å². The van der Waals surface area contributed by atoms with Gasteiger partial charge < -0.3 is 19.7 Å². The number of nitrogens with one attached hydrogen (secondary N) is 1. The third-order valence-corrected chi connectivity index (χ3v) is 4.21. The van der Waals surface area contributed by atoms with Crippen LogP contribution in [0.4, 0.5) is 5.69 Å².